The third-order valence-corrected chi connectivity index (χ3v) is 4.39. The topological polar surface area (TPSA) is 116 Å². The molecular formula is C17H29NO6. The molecule has 1 aliphatic rings. The lowest BCUT2D eigenvalue weighted by atomic mass is 9.79. The second-order valence-corrected chi connectivity index (χ2v) is 6.37. The summed E-state index contributed by atoms with van der Waals surface area (Å²) in [5.74, 6) is -2.22. The van der Waals surface area contributed by atoms with Crippen molar-refractivity contribution in [2.75, 3.05) is 0 Å². The van der Waals surface area contributed by atoms with Crippen molar-refractivity contribution in [2.45, 2.75) is 77.5 Å². The van der Waals surface area contributed by atoms with Crippen LogP contribution >= 0.6 is 0 Å². The highest BCUT2D eigenvalue weighted by Crippen LogP contribution is 2.31. The van der Waals surface area contributed by atoms with Crippen LogP contribution in [0.3, 0.4) is 0 Å². The summed E-state index contributed by atoms with van der Waals surface area (Å²) in [6, 6.07) is -0.816. The molecule has 138 valence electrons. The molecule has 0 aromatic carbocycles. The molecule has 2 unspecified atom stereocenters. The minimum absolute atomic E-state index is 0.0956. The summed E-state index contributed by atoms with van der Waals surface area (Å²) in [7, 11) is 0. The molecule has 3 N–H and O–H groups in total. The Labute approximate surface area is 142 Å². The van der Waals surface area contributed by atoms with Gasteiger partial charge in [-0.05, 0) is 44.4 Å². The predicted molar refractivity (Wildman–Crippen MR) is 86.8 cm³/mol. The number of carboxylic acid groups (broad SMARTS) is 1. The standard InChI is InChI=1S/C17H29NO6/c1-3-5-13(19)23-14(6-4-2)24-17(22)15(18)11-7-9-12(10-8-11)16(20)21/h11-12,14-15H,3-10,18H2,1-2H3,(H,20,21)/t11-,12-,14?,15?. The monoisotopic (exact) mass is 343 g/mol. The second kappa shape index (κ2) is 10.3. The number of esters is 2. The number of carbonyl (C=O) groups excluding carboxylic acids is 2. The van der Waals surface area contributed by atoms with Gasteiger partial charge in [0.1, 0.15) is 6.04 Å². The number of aliphatic carboxylic acids is 1. The third kappa shape index (κ3) is 6.47. The first-order chi connectivity index (χ1) is 11.4. The van der Waals surface area contributed by atoms with E-state index in [0.717, 1.165) is 0 Å². The summed E-state index contributed by atoms with van der Waals surface area (Å²) >= 11 is 0. The first kappa shape index (κ1) is 20.4. The number of carbonyl (C=O) groups is 3. The van der Waals surface area contributed by atoms with Gasteiger partial charge in [-0.3, -0.25) is 14.4 Å². The Balaban J connectivity index is 2.51. The zero-order valence-corrected chi connectivity index (χ0v) is 14.5. The molecule has 0 spiro atoms. The van der Waals surface area contributed by atoms with Crippen LogP contribution in [-0.2, 0) is 23.9 Å². The van der Waals surface area contributed by atoms with Crippen LogP contribution in [0.1, 0.15) is 65.2 Å². The smallest absolute Gasteiger partial charge is 0.326 e. The first-order valence-corrected chi connectivity index (χ1v) is 8.77. The highest BCUT2D eigenvalue weighted by atomic mass is 16.7. The molecule has 0 saturated heterocycles. The molecule has 1 rings (SSSR count). The normalized spacial score (nSPS) is 23.1. The van der Waals surface area contributed by atoms with E-state index in [0.29, 0.717) is 44.9 Å². The van der Waals surface area contributed by atoms with Crippen LogP contribution in [-0.4, -0.2) is 35.3 Å². The zero-order valence-electron chi connectivity index (χ0n) is 14.5. The minimum Gasteiger partial charge on any atom is -0.481 e. The lowest BCUT2D eigenvalue weighted by Crippen LogP contribution is -2.43. The average molecular weight is 343 g/mol. The Hall–Kier alpha value is -1.63. The largest absolute Gasteiger partial charge is 0.481 e. The Bertz CT molecular complexity index is 431. The lowest BCUT2D eigenvalue weighted by molar-refractivity contribution is -0.191. The van der Waals surface area contributed by atoms with Crippen molar-refractivity contribution in [2.24, 2.45) is 17.6 Å². The van der Waals surface area contributed by atoms with E-state index in [-0.39, 0.29) is 24.2 Å². The van der Waals surface area contributed by atoms with Gasteiger partial charge in [0.05, 0.1) is 5.92 Å². The molecular weight excluding hydrogens is 314 g/mol. The quantitative estimate of drug-likeness (QED) is 0.487. The predicted octanol–water partition coefficient (Wildman–Crippen LogP) is 2.22. The maximum atomic E-state index is 12.2. The highest BCUT2D eigenvalue weighted by molar-refractivity contribution is 5.76. The summed E-state index contributed by atoms with van der Waals surface area (Å²) in [4.78, 5) is 34.8. The van der Waals surface area contributed by atoms with Gasteiger partial charge in [0.25, 0.3) is 0 Å². The van der Waals surface area contributed by atoms with E-state index in [9.17, 15) is 14.4 Å². The Kier molecular flexibility index (Phi) is 8.74. The molecule has 1 fully saturated rings. The molecule has 2 atom stereocenters. The van der Waals surface area contributed by atoms with Gasteiger partial charge < -0.3 is 20.3 Å². The van der Waals surface area contributed by atoms with E-state index in [1.54, 1.807) is 0 Å². The van der Waals surface area contributed by atoms with Gasteiger partial charge in [-0.15, -0.1) is 0 Å². The van der Waals surface area contributed by atoms with Crippen molar-refractivity contribution in [1.29, 1.82) is 0 Å². The summed E-state index contributed by atoms with van der Waals surface area (Å²) in [6.45, 7) is 3.77. The number of rotatable bonds is 9. The molecule has 7 heteroatoms. The van der Waals surface area contributed by atoms with Gasteiger partial charge in [0.2, 0.25) is 6.29 Å². The first-order valence-electron chi connectivity index (χ1n) is 8.77. The fourth-order valence-electron chi connectivity index (χ4n) is 2.91. The van der Waals surface area contributed by atoms with Crippen molar-refractivity contribution in [1.82, 2.24) is 0 Å². The van der Waals surface area contributed by atoms with Gasteiger partial charge in [-0.1, -0.05) is 13.8 Å². The fraction of sp³-hybridized carbons (Fsp3) is 0.824. The van der Waals surface area contributed by atoms with Crippen molar-refractivity contribution < 1.29 is 29.0 Å². The van der Waals surface area contributed by atoms with Crippen LogP contribution in [0.5, 0.6) is 0 Å². The molecule has 0 aromatic heterocycles. The van der Waals surface area contributed by atoms with Gasteiger partial charge in [-0.25, -0.2) is 0 Å². The molecule has 1 saturated carbocycles. The van der Waals surface area contributed by atoms with E-state index in [1.165, 1.54) is 0 Å². The molecule has 0 radical (unpaired) electrons. The summed E-state index contributed by atoms with van der Waals surface area (Å²) in [6.07, 6.45) is 3.39. The summed E-state index contributed by atoms with van der Waals surface area (Å²) in [5.41, 5.74) is 5.98. The van der Waals surface area contributed by atoms with Crippen LogP contribution in [0.4, 0.5) is 0 Å². The number of hydrogen-bond acceptors (Lipinski definition) is 6. The van der Waals surface area contributed by atoms with Crippen molar-refractivity contribution in [3.8, 4) is 0 Å². The van der Waals surface area contributed by atoms with Crippen molar-refractivity contribution in [3.05, 3.63) is 0 Å². The van der Waals surface area contributed by atoms with Gasteiger partial charge in [0.15, 0.2) is 0 Å². The van der Waals surface area contributed by atoms with Crippen LogP contribution in [0, 0.1) is 11.8 Å². The SMILES string of the molecule is CCCC(=O)OC(CCC)OC(=O)C(N)[C@H]1CC[C@H](C(=O)O)CC1. The van der Waals surface area contributed by atoms with Gasteiger partial charge in [0, 0.05) is 12.8 Å². The molecule has 0 aliphatic heterocycles. The van der Waals surface area contributed by atoms with E-state index >= 15 is 0 Å². The maximum absolute atomic E-state index is 12.2. The third-order valence-electron chi connectivity index (χ3n) is 4.39. The average Bonchev–Trinajstić information content (AvgIpc) is 2.54. The van der Waals surface area contributed by atoms with Crippen LogP contribution in [0.25, 0.3) is 0 Å². The Morgan fingerprint density at radius 1 is 1.08 bits per heavy atom. The lowest BCUT2D eigenvalue weighted by Gasteiger charge is -2.30. The van der Waals surface area contributed by atoms with E-state index < -0.39 is 24.3 Å². The van der Waals surface area contributed by atoms with Crippen LogP contribution in [0.15, 0.2) is 0 Å². The molecule has 0 amide bonds. The van der Waals surface area contributed by atoms with Gasteiger partial charge in [-0.2, -0.15) is 0 Å². The van der Waals surface area contributed by atoms with Crippen molar-refractivity contribution >= 4 is 17.9 Å². The number of ether oxygens (including phenoxy) is 2. The van der Waals surface area contributed by atoms with E-state index in [2.05, 4.69) is 0 Å². The van der Waals surface area contributed by atoms with Crippen molar-refractivity contribution in [3.63, 3.8) is 0 Å². The van der Waals surface area contributed by atoms with E-state index in [1.807, 2.05) is 13.8 Å². The Morgan fingerprint density at radius 3 is 2.21 bits per heavy atom. The fourth-order valence-corrected chi connectivity index (χ4v) is 2.91. The summed E-state index contributed by atoms with van der Waals surface area (Å²) < 4.78 is 10.4. The molecule has 0 bridgehead atoms. The highest BCUT2D eigenvalue weighted by Gasteiger charge is 2.34. The van der Waals surface area contributed by atoms with Crippen LogP contribution in [0.2, 0.25) is 0 Å². The molecule has 0 aromatic rings. The molecule has 1 aliphatic carbocycles. The second-order valence-electron chi connectivity index (χ2n) is 6.37. The van der Waals surface area contributed by atoms with Gasteiger partial charge >= 0.3 is 17.9 Å². The Morgan fingerprint density at radius 2 is 1.71 bits per heavy atom. The minimum atomic E-state index is -0.900. The molecule has 7 nitrogen and oxygen atoms in total. The summed E-state index contributed by atoms with van der Waals surface area (Å²) in [5, 5.41) is 9.01. The number of nitrogens with two attached hydrogens (primary N) is 1. The molecule has 24 heavy (non-hydrogen) atoms. The van der Waals surface area contributed by atoms with Crippen LogP contribution < -0.4 is 5.73 Å². The number of hydrogen-bond donors (Lipinski definition) is 2. The maximum Gasteiger partial charge on any atom is 0.326 e. The molecule has 0 heterocycles. The zero-order chi connectivity index (χ0) is 18.1. The number of carboxylic acids is 1. The van der Waals surface area contributed by atoms with E-state index in [4.69, 9.17) is 20.3 Å².